The van der Waals surface area contributed by atoms with Crippen LogP contribution in [0.25, 0.3) is 60.2 Å². The van der Waals surface area contributed by atoms with Crippen LogP contribution in [-0.4, -0.2) is 4.57 Å². The van der Waals surface area contributed by atoms with Gasteiger partial charge >= 0.3 is 0 Å². The second-order valence-electron chi connectivity index (χ2n) is 15.1. The Labute approximate surface area is 353 Å². The van der Waals surface area contributed by atoms with Crippen LogP contribution >= 0.6 is 0 Å². The molecule has 1 aliphatic carbocycles. The SMILES string of the molecule is [2H]c1c([2H])c([2H])c2c([2H])c(C3(c4ccc5c(c4)c4ccccc4n5-c4ccccc4)c4ccccc4-c4cc(N(c5ccccc5)c5cccc6ccccc56)ccc43)c([2H])c([2H])c2c1[2H]. The van der Waals surface area contributed by atoms with Gasteiger partial charge in [0.15, 0.2) is 0 Å². The zero-order valence-corrected chi connectivity index (χ0v) is 31.8. The van der Waals surface area contributed by atoms with Crippen LogP contribution in [0.1, 0.15) is 31.8 Å². The molecule has 12 rings (SSSR count). The van der Waals surface area contributed by atoms with Gasteiger partial charge in [-0.2, -0.15) is 0 Å². The van der Waals surface area contributed by atoms with Crippen molar-refractivity contribution >= 4 is 60.4 Å². The molecular weight excluding hydrogens is 713 g/mol. The molecule has 0 radical (unpaired) electrons. The van der Waals surface area contributed by atoms with Gasteiger partial charge in [-0.1, -0.05) is 164 Å². The molecule has 1 aromatic heterocycles. The van der Waals surface area contributed by atoms with Gasteiger partial charge in [-0.3, -0.25) is 0 Å². The van der Waals surface area contributed by atoms with E-state index >= 15 is 0 Å². The fourth-order valence-corrected chi connectivity index (χ4v) is 9.57. The summed E-state index contributed by atoms with van der Waals surface area (Å²) < 4.78 is 67.3. The first-order valence-corrected chi connectivity index (χ1v) is 19.9. The van der Waals surface area contributed by atoms with Gasteiger partial charge in [0, 0.05) is 33.2 Å². The lowest BCUT2D eigenvalue weighted by Crippen LogP contribution is -2.28. The summed E-state index contributed by atoms with van der Waals surface area (Å²) in [5.74, 6) is 0. The Hall–Kier alpha value is -7.68. The van der Waals surface area contributed by atoms with E-state index in [9.17, 15) is 5.48 Å². The van der Waals surface area contributed by atoms with E-state index in [-0.39, 0.29) is 34.5 Å². The number of rotatable bonds is 6. The number of para-hydroxylation sites is 3. The second-order valence-corrected chi connectivity index (χ2v) is 15.1. The maximum absolute atomic E-state index is 10.2. The van der Waals surface area contributed by atoms with Gasteiger partial charge in [-0.15, -0.1) is 0 Å². The highest BCUT2D eigenvalue weighted by molar-refractivity contribution is 6.10. The minimum Gasteiger partial charge on any atom is -0.310 e. The van der Waals surface area contributed by atoms with Crippen molar-refractivity contribution in [2.75, 3.05) is 4.90 Å². The summed E-state index contributed by atoms with van der Waals surface area (Å²) in [7, 11) is 0. The zero-order chi connectivity index (χ0) is 45.0. The van der Waals surface area contributed by atoms with Gasteiger partial charge in [0.1, 0.15) is 0 Å². The average molecular weight is 758 g/mol. The van der Waals surface area contributed by atoms with Crippen LogP contribution in [0, 0.1) is 0 Å². The Bertz CT molecular complexity index is 3800. The number of aromatic nitrogens is 1. The fourth-order valence-electron chi connectivity index (χ4n) is 9.57. The molecule has 11 aromatic rings. The number of benzene rings is 10. The molecule has 0 spiro atoms. The summed E-state index contributed by atoms with van der Waals surface area (Å²) in [5.41, 5.74) is 8.82. The van der Waals surface area contributed by atoms with Crippen LogP contribution in [0.15, 0.2) is 230 Å². The average Bonchev–Trinajstić information content (AvgIpc) is 3.84. The number of hydrogen-bond donors (Lipinski definition) is 0. The topological polar surface area (TPSA) is 8.17 Å². The summed E-state index contributed by atoms with van der Waals surface area (Å²) >= 11 is 0. The normalized spacial score (nSPS) is 16.2. The van der Waals surface area contributed by atoms with Crippen molar-refractivity contribution in [2.45, 2.75) is 5.41 Å². The first-order chi connectivity index (χ1) is 32.2. The molecule has 1 aliphatic rings. The van der Waals surface area contributed by atoms with Crippen LogP contribution in [0.5, 0.6) is 0 Å². The third-order valence-electron chi connectivity index (χ3n) is 12.1. The summed E-state index contributed by atoms with van der Waals surface area (Å²) in [5, 5.41) is 3.97. The predicted octanol–water partition coefficient (Wildman–Crippen LogP) is 14.9. The lowest BCUT2D eigenvalue weighted by Gasteiger charge is -2.34. The van der Waals surface area contributed by atoms with Gasteiger partial charge in [0.25, 0.3) is 0 Å². The highest BCUT2D eigenvalue weighted by atomic mass is 15.1. The van der Waals surface area contributed by atoms with Crippen LogP contribution in [0.4, 0.5) is 17.1 Å². The van der Waals surface area contributed by atoms with Crippen LogP contribution in [-0.2, 0) is 5.41 Å². The lowest BCUT2D eigenvalue weighted by molar-refractivity contribution is 0.771. The molecule has 1 heterocycles. The molecule has 0 amide bonds. The van der Waals surface area contributed by atoms with E-state index in [0.29, 0.717) is 0 Å². The summed E-state index contributed by atoms with van der Waals surface area (Å²) in [6, 6.07) is 61.6. The first-order valence-electron chi connectivity index (χ1n) is 23.4. The first kappa shape index (κ1) is 27.0. The largest absolute Gasteiger partial charge is 0.310 e. The van der Waals surface area contributed by atoms with Crippen LogP contribution < -0.4 is 4.90 Å². The molecule has 0 saturated heterocycles. The van der Waals surface area contributed by atoms with E-state index in [1.165, 1.54) is 0 Å². The number of nitrogens with zero attached hydrogens (tertiary/aromatic N) is 2. The summed E-state index contributed by atoms with van der Waals surface area (Å²) in [4.78, 5) is 2.26. The van der Waals surface area contributed by atoms with Crippen molar-refractivity contribution in [1.82, 2.24) is 4.57 Å². The monoisotopic (exact) mass is 757 g/mol. The molecule has 1 unspecified atom stereocenters. The van der Waals surface area contributed by atoms with E-state index in [4.69, 9.17) is 4.11 Å². The Morgan fingerprint density at radius 2 is 1.12 bits per heavy atom. The van der Waals surface area contributed by atoms with Gasteiger partial charge in [-0.05, 0) is 116 Å². The van der Waals surface area contributed by atoms with Crippen molar-refractivity contribution < 1.29 is 9.60 Å². The molecule has 2 nitrogen and oxygen atoms in total. The number of hydrogen-bond acceptors (Lipinski definition) is 1. The predicted molar refractivity (Wildman–Crippen MR) is 248 cm³/mol. The highest BCUT2D eigenvalue weighted by Gasteiger charge is 2.46. The van der Waals surface area contributed by atoms with Gasteiger partial charge in [0.2, 0.25) is 0 Å². The fraction of sp³-hybridized carbons (Fsp3) is 0.0175. The van der Waals surface area contributed by atoms with E-state index in [2.05, 4.69) is 125 Å². The van der Waals surface area contributed by atoms with E-state index in [1.54, 1.807) is 0 Å². The minimum atomic E-state index is -1.39. The van der Waals surface area contributed by atoms with Crippen molar-refractivity contribution in [3.8, 4) is 16.8 Å². The zero-order valence-electron chi connectivity index (χ0n) is 38.8. The van der Waals surface area contributed by atoms with E-state index in [0.717, 1.165) is 83.1 Å². The van der Waals surface area contributed by atoms with Gasteiger partial charge in [0.05, 0.1) is 31.7 Å². The molecule has 0 fully saturated rings. The standard InChI is InChI=1S/C57H38N2/c1-3-20-44(21-4-1)58(54-29-15-19-40-17-9-10-24-47(40)54)46-33-34-53-50(38-46)48-25-11-13-27-52(48)57(53,42-31-30-39-16-7-8-18-41(39)36-42)43-32-35-56-51(37-43)49-26-12-14-28-55(49)59(56)45-22-5-2-6-23-45/h1-38H/i7D,8D,16D,18D,30D,31D,36D. The Balaban J connectivity index is 1.22. The Kier molecular flexibility index (Phi) is 6.05. The van der Waals surface area contributed by atoms with Gasteiger partial charge in [-0.25, -0.2) is 0 Å². The smallest absolute Gasteiger partial charge is 0.0714 e. The summed E-state index contributed by atoms with van der Waals surface area (Å²) in [6.07, 6.45) is 0. The third-order valence-corrected chi connectivity index (χ3v) is 12.1. The van der Waals surface area contributed by atoms with Crippen molar-refractivity contribution in [3.05, 3.63) is 253 Å². The van der Waals surface area contributed by atoms with Gasteiger partial charge < -0.3 is 9.47 Å². The maximum atomic E-state index is 10.2. The second kappa shape index (κ2) is 13.2. The summed E-state index contributed by atoms with van der Waals surface area (Å²) in [6.45, 7) is 0. The van der Waals surface area contributed by atoms with E-state index < -0.39 is 29.6 Å². The third kappa shape index (κ3) is 5.00. The van der Waals surface area contributed by atoms with Crippen molar-refractivity contribution in [3.63, 3.8) is 0 Å². The molecule has 0 aliphatic heterocycles. The van der Waals surface area contributed by atoms with E-state index in [1.807, 2.05) is 72.8 Å². The molecule has 276 valence electrons. The molecule has 10 aromatic carbocycles. The van der Waals surface area contributed by atoms with Crippen LogP contribution in [0.3, 0.4) is 0 Å². The quantitative estimate of drug-likeness (QED) is 0.164. The molecule has 2 heteroatoms. The molecular formula is C57H38N2. The Morgan fingerprint density at radius 3 is 2.00 bits per heavy atom. The molecule has 0 N–H and O–H groups in total. The molecule has 1 atom stereocenters. The molecule has 0 bridgehead atoms. The number of anilines is 3. The highest BCUT2D eigenvalue weighted by Crippen LogP contribution is 2.58. The molecule has 0 saturated carbocycles. The van der Waals surface area contributed by atoms with Crippen molar-refractivity contribution in [2.24, 2.45) is 0 Å². The minimum absolute atomic E-state index is 0.0770. The lowest BCUT2D eigenvalue weighted by atomic mass is 9.67. The maximum Gasteiger partial charge on any atom is 0.0714 e. The van der Waals surface area contributed by atoms with Crippen molar-refractivity contribution in [1.29, 1.82) is 0 Å². The molecule has 59 heavy (non-hydrogen) atoms. The number of fused-ring (bicyclic) bond motifs is 8. The van der Waals surface area contributed by atoms with Crippen LogP contribution in [0.2, 0.25) is 0 Å². The Morgan fingerprint density at radius 1 is 0.424 bits per heavy atom.